The van der Waals surface area contributed by atoms with E-state index in [4.69, 9.17) is 4.52 Å². The van der Waals surface area contributed by atoms with Crippen molar-refractivity contribution in [3.05, 3.63) is 11.8 Å². The van der Waals surface area contributed by atoms with Gasteiger partial charge in [-0.2, -0.15) is 0 Å². The molecular weight excluding hydrogens is 182 g/mol. The van der Waals surface area contributed by atoms with Crippen LogP contribution >= 0.6 is 0 Å². The Labute approximate surface area is 81.8 Å². The van der Waals surface area contributed by atoms with Crippen molar-refractivity contribution in [3.8, 4) is 0 Å². The van der Waals surface area contributed by atoms with Crippen LogP contribution in [0.15, 0.2) is 10.6 Å². The second-order valence-corrected chi connectivity index (χ2v) is 3.46. The van der Waals surface area contributed by atoms with Crippen LogP contribution in [0.2, 0.25) is 0 Å². The Morgan fingerprint density at radius 2 is 2.64 bits per heavy atom. The Balaban J connectivity index is 1.93. The molecule has 1 amide bonds. The average Bonchev–Trinajstić information content (AvgIpc) is 2.75. The zero-order chi connectivity index (χ0) is 9.97. The predicted molar refractivity (Wildman–Crippen MR) is 50.9 cm³/mol. The Hall–Kier alpha value is -1.36. The maximum absolute atomic E-state index is 11.6. The molecule has 76 valence electrons. The third-order valence-corrected chi connectivity index (χ3v) is 2.26. The van der Waals surface area contributed by atoms with Gasteiger partial charge in [-0.05, 0) is 26.3 Å². The zero-order valence-corrected chi connectivity index (χ0v) is 8.04. The number of amides is 1. The van der Waals surface area contributed by atoms with Crippen LogP contribution in [0.25, 0.3) is 0 Å². The highest BCUT2D eigenvalue weighted by atomic mass is 16.5. The molecule has 2 rings (SSSR count). The minimum absolute atomic E-state index is 0.0317. The number of nitrogens with zero attached hydrogens (tertiary/aromatic N) is 1. The van der Waals surface area contributed by atoms with Crippen molar-refractivity contribution in [1.29, 1.82) is 0 Å². The van der Waals surface area contributed by atoms with E-state index in [0.717, 1.165) is 19.4 Å². The van der Waals surface area contributed by atoms with Crippen LogP contribution < -0.4 is 10.6 Å². The van der Waals surface area contributed by atoms with Gasteiger partial charge in [0.05, 0.1) is 6.04 Å². The van der Waals surface area contributed by atoms with Crippen molar-refractivity contribution in [2.75, 3.05) is 11.9 Å². The molecule has 0 spiro atoms. The molecule has 0 unspecified atom stereocenters. The van der Waals surface area contributed by atoms with E-state index < -0.39 is 0 Å². The number of rotatable bonds is 2. The largest absolute Gasteiger partial charge is 0.360 e. The molecule has 5 nitrogen and oxygen atoms in total. The fourth-order valence-corrected chi connectivity index (χ4v) is 1.55. The molecule has 1 aromatic heterocycles. The quantitative estimate of drug-likeness (QED) is 0.728. The summed E-state index contributed by atoms with van der Waals surface area (Å²) in [5.41, 5.74) is 0. The lowest BCUT2D eigenvalue weighted by Crippen LogP contribution is -2.35. The fourth-order valence-electron chi connectivity index (χ4n) is 1.55. The van der Waals surface area contributed by atoms with Crippen LogP contribution in [0.4, 0.5) is 5.82 Å². The van der Waals surface area contributed by atoms with Crippen LogP contribution in [-0.4, -0.2) is 23.7 Å². The van der Waals surface area contributed by atoms with Crippen LogP contribution in [0, 0.1) is 6.92 Å². The fraction of sp³-hybridized carbons (Fsp3) is 0.556. The minimum atomic E-state index is -0.0768. The average molecular weight is 195 g/mol. The van der Waals surface area contributed by atoms with E-state index in [1.165, 1.54) is 0 Å². The molecule has 5 heteroatoms. The molecule has 0 aliphatic carbocycles. The normalized spacial score (nSPS) is 21.1. The van der Waals surface area contributed by atoms with Gasteiger partial charge in [0.1, 0.15) is 5.76 Å². The van der Waals surface area contributed by atoms with E-state index in [1.54, 1.807) is 13.0 Å². The second kappa shape index (κ2) is 3.79. The maximum Gasteiger partial charge on any atom is 0.242 e. The van der Waals surface area contributed by atoms with Gasteiger partial charge < -0.3 is 15.2 Å². The summed E-state index contributed by atoms with van der Waals surface area (Å²) < 4.78 is 4.84. The molecule has 1 aliphatic rings. The number of aryl methyl sites for hydroxylation is 1. The number of hydrogen-bond donors (Lipinski definition) is 2. The summed E-state index contributed by atoms with van der Waals surface area (Å²) in [6.45, 7) is 2.70. The number of anilines is 1. The smallest absolute Gasteiger partial charge is 0.242 e. The summed E-state index contributed by atoms with van der Waals surface area (Å²) in [6.07, 6.45) is 1.94. The van der Waals surface area contributed by atoms with Gasteiger partial charge >= 0.3 is 0 Å². The van der Waals surface area contributed by atoms with Gasteiger partial charge in [0.2, 0.25) is 5.91 Å². The van der Waals surface area contributed by atoms with Crippen molar-refractivity contribution >= 4 is 11.7 Å². The van der Waals surface area contributed by atoms with Gasteiger partial charge in [-0.15, -0.1) is 0 Å². The van der Waals surface area contributed by atoms with Gasteiger partial charge in [-0.1, -0.05) is 5.16 Å². The van der Waals surface area contributed by atoms with Crippen molar-refractivity contribution < 1.29 is 9.32 Å². The van der Waals surface area contributed by atoms with E-state index >= 15 is 0 Å². The highest BCUT2D eigenvalue weighted by molar-refractivity contribution is 5.94. The maximum atomic E-state index is 11.6. The molecular formula is C9H13N3O2. The standard InChI is InChI=1S/C9H13N3O2/c1-6-5-8(12-14-6)11-9(13)7-3-2-4-10-7/h5,7,10H,2-4H2,1H3,(H,11,12,13)/t7-/m1/s1. The van der Waals surface area contributed by atoms with Crippen molar-refractivity contribution in [3.63, 3.8) is 0 Å². The minimum Gasteiger partial charge on any atom is -0.360 e. The number of carbonyl (C=O) groups excluding carboxylic acids is 1. The van der Waals surface area contributed by atoms with Gasteiger partial charge in [0, 0.05) is 6.07 Å². The van der Waals surface area contributed by atoms with Crippen molar-refractivity contribution in [1.82, 2.24) is 10.5 Å². The molecule has 14 heavy (non-hydrogen) atoms. The third-order valence-electron chi connectivity index (χ3n) is 2.26. The molecule has 2 N–H and O–H groups in total. The van der Waals surface area contributed by atoms with Gasteiger partial charge in [-0.25, -0.2) is 0 Å². The summed E-state index contributed by atoms with van der Waals surface area (Å²) in [7, 11) is 0. The first kappa shape index (κ1) is 9.21. The van der Waals surface area contributed by atoms with E-state index in [0.29, 0.717) is 11.6 Å². The monoisotopic (exact) mass is 195 g/mol. The Kier molecular flexibility index (Phi) is 2.49. The first-order valence-electron chi connectivity index (χ1n) is 4.73. The zero-order valence-electron chi connectivity index (χ0n) is 8.04. The number of carbonyl (C=O) groups is 1. The third kappa shape index (κ3) is 1.93. The molecule has 0 saturated carbocycles. The van der Waals surface area contributed by atoms with E-state index in [-0.39, 0.29) is 11.9 Å². The van der Waals surface area contributed by atoms with Crippen LogP contribution in [0.5, 0.6) is 0 Å². The first-order valence-corrected chi connectivity index (χ1v) is 4.73. The van der Waals surface area contributed by atoms with Crippen molar-refractivity contribution in [2.45, 2.75) is 25.8 Å². The Morgan fingerprint density at radius 3 is 3.21 bits per heavy atom. The summed E-state index contributed by atoms with van der Waals surface area (Å²) >= 11 is 0. The van der Waals surface area contributed by atoms with Gasteiger partial charge in [0.15, 0.2) is 5.82 Å². The molecule has 1 fully saturated rings. The van der Waals surface area contributed by atoms with Crippen LogP contribution in [0.3, 0.4) is 0 Å². The Bertz CT molecular complexity index is 329. The van der Waals surface area contributed by atoms with Gasteiger partial charge in [-0.3, -0.25) is 4.79 Å². The molecule has 1 saturated heterocycles. The number of hydrogen-bond acceptors (Lipinski definition) is 4. The lowest BCUT2D eigenvalue weighted by atomic mass is 10.2. The molecule has 0 aromatic carbocycles. The van der Waals surface area contributed by atoms with E-state index in [1.807, 2.05) is 0 Å². The van der Waals surface area contributed by atoms with Gasteiger partial charge in [0.25, 0.3) is 0 Å². The van der Waals surface area contributed by atoms with E-state index in [2.05, 4.69) is 15.8 Å². The summed E-state index contributed by atoms with van der Waals surface area (Å²) in [4.78, 5) is 11.6. The molecule has 2 heterocycles. The van der Waals surface area contributed by atoms with Crippen LogP contribution in [0.1, 0.15) is 18.6 Å². The predicted octanol–water partition coefficient (Wildman–Crippen LogP) is 0.674. The second-order valence-electron chi connectivity index (χ2n) is 3.46. The Morgan fingerprint density at radius 1 is 1.79 bits per heavy atom. The summed E-state index contributed by atoms with van der Waals surface area (Å²) in [6, 6.07) is 1.62. The summed E-state index contributed by atoms with van der Waals surface area (Å²) in [5, 5.41) is 9.50. The topological polar surface area (TPSA) is 67.2 Å². The lowest BCUT2D eigenvalue weighted by Gasteiger charge is -2.07. The number of nitrogens with one attached hydrogen (secondary N) is 2. The van der Waals surface area contributed by atoms with Crippen molar-refractivity contribution in [2.24, 2.45) is 0 Å². The lowest BCUT2D eigenvalue weighted by molar-refractivity contribution is -0.117. The summed E-state index contributed by atoms with van der Waals surface area (Å²) in [5.74, 6) is 1.15. The van der Waals surface area contributed by atoms with Crippen LogP contribution in [-0.2, 0) is 4.79 Å². The molecule has 1 aromatic rings. The molecule has 1 atom stereocenters. The number of aromatic nitrogens is 1. The van der Waals surface area contributed by atoms with E-state index in [9.17, 15) is 4.79 Å². The molecule has 0 bridgehead atoms. The SMILES string of the molecule is Cc1cc(NC(=O)[C@H]2CCCN2)no1. The molecule has 0 radical (unpaired) electrons. The highest BCUT2D eigenvalue weighted by Crippen LogP contribution is 2.10. The molecule has 1 aliphatic heterocycles. The first-order chi connectivity index (χ1) is 6.75. The highest BCUT2D eigenvalue weighted by Gasteiger charge is 2.22.